The monoisotopic (exact) mass is 614 g/mol. The van der Waals surface area contributed by atoms with Crippen LogP contribution in [0.1, 0.15) is 99.6 Å². The maximum absolute atomic E-state index is 13.2. The van der Waals surface area contributed by atoms with Crippen LogP contribution in [0.5, 0.6) is 5.75 Å². The minimum atomic E-state index is -0.524. The molecule has 5 rings (SSSR count). The van der Waals surface area contributed by atoms with E-state index >= 15 is 0 Å². The van der Waals surface area contributed by atoms with Crippen LogP contribution in [0.25, 0.3) is 5.65 Å². The average Bonchev–Trinajstić information content (AvgIpc) is 3.43. The number of ether oxygens (including phenoxy) is 1. The Morgan fingerprint density at radius 3 is 2.44 bits per heavy atom. The van der Waals surface area contributed by atoms with Gasteiger partial charge in [0.05, 0.1) is 31.1 Å². The molecule has 1 aliphatic carbocycles. The molecule has 2 atom stereocenters. The molecular formula is C33H42N8O4. The van der Waals surface area contributed by atoms with Crippen molar-refractivity contribution in [2.75, 3.05) is 25.1 Å². The normalized spacial score (nSPS) is 16.6. The number of nitrogens with one attached hydrogen (secondary N) is 3. The number of nitrogens with zero attached hydrogens (tertiary/aromatic N) is 5. The molecule has 4 N–H and O–H groups in total. The van der Waals surface area contributed by atoms with Gasteiger partial charge in [0.25, 0.3) is 5.91 Å². The van der Waals surface area contributed by atoms with Crippen LogP contribution >= 0.6 is 0 Å². The van der Waals surface area contributed by atoms with Gasteiger partial charge in [0, 0.05) is 29.4 Å². The summed E-state index contributed by atoms with van der Waals surface area (Å²) >= 11 is 0. The van der Waals surface area contributed by atoms with Crippen molar-refractivity contribution < 1.29 is 19.4 Å². The van der Waals surface area contributed by atoms with Crippen LogP contribution in [0.4, 0.5) is 10.6 Å². The van der Waals surface area contributed by atoms with Crippen LogP contribution in [-0.2, 0) is 10.8 Å². The number of aliphatic hydroxyl groups is 1. The van der Waals surface area contributed by atoms with Crippen molar-refractivity contribution in [2.45, 2.75) is 77.2 Å². The molecule has 12 nitrogen and oxygen atoms in total. The molecule has 4 aromatic rings. The first kappa shape index (κ1) is 31.8. The second-order valence-electron chi connectivity index (χ2n) is 13.4. The van der Waals surface area contributed by atoms with E-state index in [-0.39, 0.29) is 42.2 Å². The summed E-state index contributed by atoms with van der Waals surface area (Å²) in [5, 5.41) is 26.2. The molecule has 0 aliphatic heterocycles. The number of carbonyl (C=O) groups excluding carboxylic acids is 2. The molecule has 0 radical (unpaired) electrons. The van der Waals surface area contributed by atoms with Crippen molar-refractivity contribution in [3.63, 3.8) is 0 Å². The van der Waals surface area contributed by atoms with Gasteiger partial charge < -0.3 is 20.5 Å². The molecule has 3 aromatic heterocycles. The Bertz CT molecular complexity index is 1690. The number of pyridine rings is 1. The Balaban J connectivity index is 1.28. The number of hydrogen-bond donors (Lipinski definition) is 4. The van der Waals surface area contributed by atoms with Crippen molar-refractivity contribution in [2.24, 2.45) is 0 Å². The first-order valence-corrected chi connectivity index (χ1v) is 15.3. The molecular weight excluding hydrogens is 572 g/mol. The maximum atomic E-state index is 13.2. The summed E-state index contributed by atoms with van der Waals surface area (Å²) < 4.78 is 8.28. The van der Waals surface area contributed by atoms with Gasteiger partial charge in [0.15, 0.2) is 5.65 Å². The fraction of sp³-hybridized carbons (Fsp3) is 0.455. The number of hydrogen-bond acceptors (Lipinski definition) is 8. The predicted octanol–water partition coefficient (Wildman–Crippen LogP) is 4.66. The lowest BCUT2D eigenvalue weighted by Crippen LogP contribution is -2.36. The maximum Gasteiger partial charge on any atom is 0.320 e. The summed E-state index contributed by atoms with van der Waals surface area (Å²) in [6, 6.07) is 13.0. The smallest absolute Gasteiger partial charge is 0.320 e. The van der Waals surface area contributed by atoms with Crippen LogP contribution in [0.3, 0.4) is 0 Å². The molecule has 0 spiro atoms. The van der Waals surface area contributed by atoms with Gasteiger partial charge in [-0.2, -0.15) is 0 Å². The fourth-order valence-electron chi connectivity index (χ4n) is 5.42. The van der Waals surface area contributed by atoms with Crippen LogP contribution in [0.15, 0.2) is 48.7 Å². The van der Waals surface area contributed by atoms with Crippen LogP contribution in [0, 0.1) is 0 Å². The minimum Gasteiger partial charge on any atom is -0.491 e. The average molecular weight is 615 g/mol. The van der Waals surface area contributed by atoms with Gasteiger partial charge in [0.2, 0.25) is 5.82 Å². The highest BCUT2D eigenvalue weighted by molar-refractivity contribution is 5.92. The number of benzene rings is 1. The van der Waals surface area contributed by atoms with E-state index in [1.807, 2.05) is 61.7 Å². The standard InChI is InChI=1S/C33H42N8O4/c1-32(2,3)25-17-26(37-28(36-25)29(43)34-15-16-42)38-31(44)35-24-13-11-20(22-9-7-8-10-23(22)24)19-45-21-12-14-27-39-40-30(33(4,5)6)41(27)18-21/h7-10,12,14,17-18,20,24,42H,11,13,15-16,19H2,1-6H3,(H,34,43)(H2,35,36,37,38,44)/t20?,24-/m0/s1. The van der Waals surface area contributed by atoms with Gasteiger partial charge in [-0.05, 0) is 36.1 Å². The van der Waals surface area contributed by atoms with Gasteiger partial charge in [-0.15, -0.1) is 10.2 Å². The van der Waals surface area contributed by atoms with E-state index in [1.165, 1.54) is 0 Å². The number of amides is 3. The predicted molar refractivity (Wildman–Crippen MR) is 171 cm³/mol. The third-order valence-corrected chi connectivity index (χ3v) is 7.75. The molecule has 45 heavy (non-hydrogen) atoms. The third kappa shape index (κ3) is 7.39. The highest BCUT2D eigenvalue weighted by Gasteiger charge is 2.29. The summed E-state index contributed by atoms with van der Waals surface area (Å²) in [6.45, 7) is 12.6. The van der Waals surface area contributed by atoms with E-state index in [9.17, 15) is 9.59 Å². The van der Waals surface area contributed by atoms with Crippen molar-refractivity contribution in [1.29, 1.82) is 0 Å². The lowest BCUT2D eigenvalue weighted by Gasteiger charge is -2.32. The molecule has 1 aliphatic rings. The molecule has 3 amide bonds. The number of fused-ring (bicyclic) bond motifs is 2. The summed E-state index contributed by atoms with van der Waals surface area (Å²) in [6.07, 6.45) is 3.49. The number of urea groups is 1. The summed E-state index contributed by atoms with van der Waals surface area (Å²) in [4.78, 5) is 34.4. The number of aliphatic hydroxyl groups excluding tert-OH is 1. The topological polar surface area (TPSA) is 156 Å². The van der Waals surface area contributed by atoms with Crippen molar-refractivity contribution in [3.8, 4) is 5.75 Å². The second kappa shape index (κ2) is 12.8. The van der Waals surface area contributed by atoms with E-state index in [4.69, 9.17) is 9.84 Å². The molecule has 0 fully saturated rings. The largest absolute Gasteiger partial charge is 0.491 e. The Hall–Kier alpha value is -4.58. The first-order chi connectivity index (χ1) is 21.3. The molecule has 0 saturated heterocycles. The lowest BCUT2D eigenvalue weighted by molar-refractivity contribution is 0.0934. The van der Waals surface area contributed by atoms with Crippen LogP contribution in [0.2, 0.25) is 0 Å². The molecule has 12 heteroatoms. The van der Waals surface area contributed by atoms with Crippen molar-refractivity contribution in [3.05, 3.63) is 77.1 Å². The van der Waals surface area contributed by atoms with Crippen LogP contribution in [-0.4, -0.2) is 61.4 Å². The van der Waals surface area contributed by atoms with Gasteiger partial charge in [0.1, 0.15) is 17.4 Å². The fourth-order valence-corrected chi connectivity index (χ4v) is 5.42. The number of anilines is 1. The lowest BCUT2D eigenvalue weighted by atomic mass is 9.80. The zero-order valence-electron chi connectivity index (χ0n) is 26.7. The third-order valence-electron chi connectivity index (χ3n) is 7.75. The number of aromatic nitrogens is 5. The quantitative estimate of drug-likeness (QED) is 0.223. The molecule has 1 aromatic carbocycles. The highest BCUT2D eigenvalue weighted by atomic mass is 16.5. The first-order valence-electron chi connectivity index (χ1n) is 15.3. The van der Waals surface area contributed by atoms with Crippen molar-refractivity contribution >= 4 is 23.4 Å². The minimum absolute atomic E-state index is 0.0740. The Labute approximate surface area is 263 Å². The molecule has 3 heterocycles. The molecule has 0 saturated carbocycles. The summed E-state index contributed by atoms with van der Waals surface area (Å²) in [5.41, 5.74) is 3.01. The van der Waals surface area contributed by atoms with Crippen molar-refractivity contribution in [1.82, 2.24) is 35.2 Å². The molecule has 1 unspecified atom stereocenters. The van der Waals surface area contributed by atoms with E-state index < -0.39 is 17.4 Å². The molecule has 238 valence electrons. The number of carbonyl (C=O) groups is 2. The van der Waals surface area contributed by atoms with Gasteiger partial charge in [-0.25, -0.2) is 14.8 Å². The zero-order chi connectivity index (χ0) is 32.4. The number of rotatable bonds is 8. The SMILES string of the molecule is CC(C)(C)c1cc(NC(=O)N[C@H]2CCC(COc3ccc4nnc(C(C)(C)C)n4c3)c3ccccc32)nc(C(=O)NCCO)n1. The zero-order valence-corrected chi connectivity index (χ0v) is 26.7. The summed E-state index contributed by atoms with van der Waals surface area (Å²) in [7, 11) is 0. The van der Waals surface area contributed by atoms with E-state index in [0.717, 1.165) is 41.2 Å². The summed E-state index contributed by atoms with van der Waals surface area (Å²) in [5.74, 6) is 1.39. The van der Waals surface area contributed by atoms with E-state index in [0.29, 0.717) is 12.3 Å². The Kier molecular flexibility index (Phi) is 9.06. The Morgan fingerprint density at radius 2 is 1.73 bits per heavy atom. The van der Waals surface area contributed by atoms with E-state index in [2.05, 4.69) is 63.0 Å². The molecule has 0 bridgehead atoms. The highest BCUT2D eigenvalue weighted by Crippen LogP contribution is 2.38. The van der Waals surface area contributed by atoms with Crippen LogP contribution < -0.4 is 20.7 Å². The van der Waals surface area contributed by atoms with Gasteiger partial charge >= 0.3 is 6.03 Å². The Morgan fingerprint density at radius 1 is 0.978 bits per heavy atom. The second-order valence-corrected chi connectivity index (χ2v) is 13.4. The van der Waals surface area contributed by atoms with E-state index in [1.54, 1.807) is 6.07 Å². The van der Waals surface area contributed by atoms with Gasteiger partial charge in [-0.3, -0.25) is 14.5 Å². The van der Waals surface area contributed by atoms with Gasteiger partial charge in [-0.1, -0.05) is 65.8 Å².